The molecule has 1 amide bonds. The highest BCUT2D eigenvalue weighted by molar-refractivity contribution is 14.1. The molecule has 1 aliphatic carbocycles. The van der Waals surface area contributed by atoms with Crippen LogP contribution in [0.2, 0.25) is 0 Å². The Bertz CT molecular complexity index is 965. The summed E-state index contributed by atoms with van der Waals surface area (Å²) in [5.41, 5.74) is 1.16. The van der Waals surface area contributed by atoms with Crippen molar-refractivity contribution in [2.45, 2.75) is 122 Å². The van der Waals surface area contributed by atoms with Crippen LogP contribution in [0.3, 0.4) is 0 Å². The molecule has 0 radical (unpaired) electrons. The molecular formula is C30H47IN2O4. The van der Waals surface area contributed by atoms with Gasteiger partial charge in [-0.15, -0.1) is 0 Å². The lowest BCUT2D eigenvalue weighted by atomic mass is 9.73. The van der Waals surface area contributed by atoms with Crippen molar-refractivity contribution in [3.63, 3.8) is 0 Å². The number of rotatable bonds is 7. The van der Waals surface area contributed by atoms with Crippen molar-refractivity contribution >= 4 is 34.5 Å². The third kappa shape index (κ3) is 7.27. The summed E-state index contributed by atoms with van der Waals surface area (Å²) in [6, 6.07) is 7.53. The first-order valence-electron chi connectivity index (χ1n) is 13.8. The number of ether oxygens (including phenoxy) is 1. The third-order valence-corrected chi connectivity index (χ3v) is 9.20. The van der Waals surface area contributed by atoms with Gasteiger partial charge in [0.25, 0.3) is 5.91 Å². The van der Waals surface area contributed by atoms with Crippen LogP contribution >= 0.6 is 22.6 Å². The number of hydrogen-bond donors (Lipinski definition) is 2. The third-order valence-electron chi connectivity index (χ3n) is 7.52. The number of nitrogens with one attached hydrogen (secondary N) is 1. The molecule has 3 unspecified atom stereocenters. The Balaban J connectivity index is 2.04. The highest BCUT2D eigenvalue weighted by atomic mass is 127. The van der Waals surface area contributed by atoms with Crippen LogP contribution < -0.4 is 5.32 Å². The second-order valence-corrected chi connectivity index (χ2v) is 15.6. The van der Waals surface area contributed by atoms with E-state index < -0.39 is 15.4 Å². The zero-order valence-corrected chi connectivity index (χ0v) is 26.1. The minimum atomic E-state index is -1.23. The van der Waals surface area contributed by atoms with E-state index in [-0.39, 0.29) is 28.8 Å². The van der Waals surface area contributed by atoms with Crippen LogP contribution in [-0.2, 0) is 13.1 Å². The van der Waals surface area contributed by atoms with Gasteiger partial charge >= 0.3 is 5.97 Å². The second-order valence-electron chi connectivity index (χ2n) is 13.8. The highest BCUT2D eigenvalue weighted by Crippen LogP contribution is 2.53. The molecule has 1 saturated heterocycles. The molecule has 4 atom stereocenters. The number of alkyl halides is 1. The van der Waals surface area contributed by atoms with E-state index in [0.29, 0.717) is 11.5 Å². The molecule has 2 fully saturated rings. The van der Waals surface area contributed by atoms with Crippen molar-refractivity contribution in [3.05, 3.63) is 35.4 Å². The summed E-state index contributed by atoms with van der Waals surface area (Å²) >= 11 is 2.46. The summed E-state index contributed by atoms with van der Waals surface area (Å²) in [4.78, 5) is 27.7. The van der Waals surface area contributed by atoms with Gasteiger partial charge in [0, 0.05) is 0 Å². The van der Waals surface area contributed by atoms with Gasteiger partial charge in [0.15, 0.2) is 6.23 Å². The molecule has 1 aromatic rings. The Hall–Kier alpha value is -1.19. The Morgan fingerprint density at radius 1 is 1.14 bits per heavy atom. The molecule has 0 aromatic heterocycles. The van der Waals surface area contributed by atoms with Gasteiger partial charge in [0.05, 0.1) is 17.3 Å². The van der Waals surface area contributed by atoms with Gasteiger partial charge in [0.1, 0.15) is 3.55 Å². The number of aliphatic hydroxyl groups excluding tert-OH is 1. The molecule has 7 heteroatoms. The molecule has 1 spiro atoms. The van der Waals surface area contributed by atoms with E-state index in [2.05, 4.69) is 74.3 Å². The number of aliphatic hydroxyl groups is 1. The summed E-state index contributed by atoms with van der Waals surface area (Å²) in [5, 5.41) is 14.7. The number of amides is 1. The van der Waals surface area contributed by atoms with Gasteiger partial charge in [-0.05, 0) is 86.8 Å². The minimum Gasteiger partial charge on any atom is -0.459 e. The molecule has 37 heavy (non-hydrogen) atoms. The van der Waals surface area contributed by atoms with E-state index in [0.717, 1.165) is 50.5 Å². The van der Waals surface area contributed by atoms with Gasteiger partial charge < -0.3 is 15.2 Å². The summed E-state index contributed by atoms with van der Waals surface area (Å²) in [5.74, 6) is -0.189. The number of nitrogens with zero attached hydrogens (tertiary/aromatic N) is 1. The van der Waals surface area contributed by atoms with E-state index in [1.54, 1.807) is 12.1 Å². The summed E-state index contributed by atoms with van der Waals surface area (Å²) in [6.07, 6.45) is 5.12. The number of carbonyl (C=O) groups excluding carboxylic acids is 2. The lowest BCUT2D eigenvalue weighted by Gasteiger charge is -2.52. The Morgan fingerprint density at radius 2 is 1.76 bits per heavy atom. The van der Waals surface area contributed by atoms with Crippen LogP contribution in [0, 0.1) is 16.7 Å². The maximum atomic E-state index is 13.1. The monoisotopic (exact) mass is 626 g/mol. The van der Waals surface area contributed by atoms with Crippen LogP contribution in [0.1, 0.15) is 116 Å². The van der Waals surface area contributed by atoms with Crippen LogP contribution in [0.4, 0.5) is 0 Å². The topological polar surface area (TPSA) is 78.9 Å². The van der Waals surface area contributed by atoms with Crippen LogP contribution in [0.25, 0.3) is 0 Å². The molecule has 1 heterocycles. The summed E-state index contributed by atoms with van der Waals surface area (Å²) in [7, 11) is 0. The molecule has 3 rings (SSSR count). The number of carbonyl (C=O) groups is 2. The van der Waals surface area contributed by atoms with Crippen LogP contribution in [-0.4, -0.2) is 39.9 Å². The maximum absolute atomic E-state index is 13.1. The number of halogens is 1. The fourth-order valence-electron chi connectivity index (χ4n) is 6.06. The molecule has 2 aliphatic rings. The second kappa shape index (κ2) is 11.1. The van der Waals surface area contributed by atoms with Crippen molar-refractivity contribution in [1.29, 1.82) is 0 Å². The van der Waals surface area contributed by atoms with Crippen molar-refractivity contribution in [2.75, 3.05) is 0 Å². The molecule has 1 saturated carbocycles. The molecular weight excluding hydrogens is 579 g/mol. The van der Waals surface area contributed by atoms with Crippen molar-refractivity contribution in [2.24, 2.45) is 16.7 Å². The first kappa shape index (κ1) is 30.4. The zero-order chi connectivity index (χ0) is 27.8. The Labute approximate surface area is 237 Å². The highest BCUT2D eigenvalue weighted by Gasteiger charge is 2.59. The SMILES string of the molecule is CC(C)OC(=O)c1ccc([C@@](I)(CCC(C)(C)C)N2C(O)C(=O)NC23CCCC(CC(C)(C)C)C3)cc1. The Kier molecular flexibility index (Phi) is 9.13. The average Bonchev–Trinajstić information content (AvgIpc) is 2.99. The minimum absolute atomic E-state index is 0.0774. The lowest BCUT2D eigenvalue weighted by Crippen LogP contribution is -2.61. The number of esters is 1. The Morgan fingerprint density at radius 3 is 2.30 bits per heavy atom. The molecule has 1 aliphatic heterocycles. The average molecular weight is 627 g/mol. The predicted molar refractivity (Wildman–Crippen MR) is 156 cm³/mol. The zero-order valence-electron chi connectivity index (χ0n) is 24.0. The quantitative estimate of drug-likeness (QED) is 0.152. The molecule has 208 valence electrons. The maximum Gasteiger partial charge on any atom is 0.338 e. The molecule has 0 bridgehead atoms. The number of hydrogen-bond acceptors (Lipinski definition) is 5. The number of benzene rings is 1. The van der Waals surface area contributed by atoms with E-state index in [1.807, 2.05) is 26.0 Å². The van der Waals surface area contributed by atoms with Gasteiger partial charge in [-0.2, -0.15) is 0 Å². The van der Waals surface area contributed by atoms with Gasteiger partial charge in [0.2, 0.25) is 0 Å². The van der Waals surface area contributed by atoms with Crippen molar-refractivity contribution < 1.29 is 19.4 Å². The van der Waals surface area contributed by atoms with E-state index in [9.17, 15) is 14.7 Å². The summed E-state index contributed by atoms with van der Waals surface area (Å²) < 4.78 is 4.74. The lowest BCUT2D eigenvalue weighted by molar-refractivity contribution is -0.135. The van der Waals surface area contributed by atoms with Crippen molar-refractivity contribution in [1.82, 2.24) is 10.2 Å². The van der Waals surface area contributed by atoms with E-state index in [4.69, 9.17) is 4.74 Å². The smallest absolute Gasteiger partial charge is 0.338 e. The first-order valence-corrected chi connectivity index (χ1v) is 14.8. The normalized spacial score (nSPS) is 26.8. The summed E-state index contributed by atoms with van der Waals surface area (Å²) in [6.45, 7) is 17.1. The fourth-order valence-corrected chi connectivity index (χ4v) is 7.42. The van der Waals surface area contributed by atoms with Crippen LogP contribution in [0.15, 0.2) is 24.3 Å². The molecule has 2 N–H and O–H groups in total. The predicted octanol–water partition coefficient (Wildman–Crippen LogP) is 6.74. The van der Waals surface area contributed by atoms with E-state index >= 15 is 0 Å². The van der Waals surface area contributed by atoms with E-state index in [1.165, 1.54) is 0 Å². The van der Waals surface area contributed by atoms with Gasteiger partial charge in [-0.1, -0.05) is 82.7 Å². The molecule has 6 nitrogen and oxygen atoms in total. The van der Waals surface area contributed by atoms with Crippen molar-refractivity contribution in [3.8, 4) is 0 Å². The molecule has 1 aromatic carbocycles. The van der Waals surface area contributed by atoms with Crippen LogP contribution in [0.5, 0.6) is 0 Å². The van der Waals surface area contributed by atoms with Gasteiger partial charge in [-0.25, -0.2) is 9.69 Å². The fraction of sp³-hybridized carbons (Fsp3) is 0.733. The first-order chi connectivity index (χ1) is 17.0. The standard InChI is InChI=1S/C30H47IN2O4/c1-20(2)37-26(36)22-11-13-23(14-12-22)30(31,17-16-27(3,4)5)33-25(35)24(34)32-29(33)15-9-10-21(19-29)18-28(6,7)8/h11-14,20-21,25,35H,9-10,15-19H2,1-8H3,(H,32,34)/t21?,25?,29?,30-/m1/s1. The largest absolute Gasteiger partial charge is 0.459 e. The van der Waals surface area contributed by atoms with Gasteiger partial charge in [-0.3, -0.25) is 4.79 Å².